The minimum atomic E-state index is -0.354. The molecule has 7 nitrogen and oxygen atoms in total. The Morgan fingerprint density at radius 3 is 2.86 bits per heavy atom. The minimum absolute atomic E-state index is 0.0206. The van der Waals surface area contributed by atoms with E-state index in [0.29, 0.717) is 31.1 Å². The predicted octanol–water partition coefficient (Wildman–Crippen LogP) is 2.15. The molecule has 2 amide bonds. The largest absolute Gasteiger partial charge is 0.492 e. The van der Waals surface area contributed by atoms with Gasteiger partial charge in [0.2, 0.25) is 11.8 Å². The highest BCUT2D eigenvalue weighted by Crippen LogP contribution is 2.30. The number of esters is 1. The van der Waals surface area contributed by atoms with Gasteiger partial charge in [0.25, 0.3) is 0 Å². The van der Waals surface area contributed by atoms with Crippen molar-refractivity contribution in [3.05, 3.63) is 28.8 Å². The Hall–Kier alpha value is -2.28. The first kappa shape index (κ1) is 21.4. The van der Waals surface area contributed by atoms with Gasteiger partial charge in [-0.05, 0) is 49.9 Å². The van der Waals surface area contributed by atoms with Gasteiger partial charge < -0.3 is 19.3 Å². The van der Waals surface area contributed by atoms with Gasteiger partial charge in [-0.3, -0.25) is 14.4 Å². The Balaban J connectivity index is 1.55. The second-order valence-corrected chi connectivity index (χ2v) is 8.03. The number of carbonyl (C=O) groups is 3. The Kier molecular flexibility index (Phi) is 7.00. The fourth-order valence-corrected chi connectivity index (χ4v) is 4.07. The summed E-state index contributed by atoms with van der Waals surface area (Å²) in [4.78, 5) is 40.6. The van der Waals surface area contributed by atoms with Crippen molar-refractivity contribution in [2.24, 2.45) is 11.8 Å². The molecule has 0 bridgehead atoms. The maximum atomic E-state index is 12.8. The molecule has 0 N–H and O–H groups in total. The van der Waals surface area contributed by atoms with Crippen molar-refractivity contribution in [3.8, 4) is 5.75 Å². The van der Waals surface area contributed by atoms with E-state index >= 15 is 0 Å². The van der Waals surface area contributed by atoms with E-state index < -0.39 is 0 Å². The zero-order chi connectivity index (χ0) is 21.0. The van der Waals surface area contributed by atoms with Crippen LogP contribution in [0.3, 0.4) is 0 Å². The molecule has 0 aliphatic carbocycles. The summed E-state index contributed by atoms with van der Waals surface area (Å²) in [7, 11) is 1.63. The fourth-order valence-electron chi connectivity index (χ4n) is 3.87. The summed E-state index contributed by atoms with van der Waals surface area (Å²) >= 11 is 6.04. The number of nitrogens with zero attached hydrogens (tertiary/aromatic N) is 2. The molecule has 0 spiro atoms. The second kappa shape index (κ2) is 9.48. The van der Waals surface area contributed by atoms with Crippen LogP contribution in [0.25, 0.3) is 0 Å². The van der Waals surface area contributed by atoms with Crippen LogP contribution in [-0.4, -0.2) is 67.5 Å². The van der Waals surface area contributed by atoms with Gasteiger partial charge in [0, 0.05) is 25.2 Å². The highest BCUT2D eigenvalue weighted by atomic mass is 35.5. The topological polar surface area (TPSA) is 76.2 Å². The molecule has 3 rings (SSSR count). The zero-order valence-electron chi connectivity index (χ0n) is 16.9. The van der Waals surface area contributed by atoms with E-state index in [1.807, 2.05) is 12.1 Å². The molecule has 1 fully saturated rings. The summed E-state index contributed by atoms with van der Waals surface area (Å²) in [5.74, 6) is -0.450. The van der Waals surface area contributed by atoms with E-state index in [2.05, 4.69) is 0 Å². The Labute approximate surface area is 175 Å². The third-order valence-electron chi connectivity index (χ3n) is 5.42. The van der Waals surface area contributed by atoms with Crippen molar-refractivity contribution in [2.45, 2.75) is 26.2 Å². The first-order chi connectivity index (χ1) is 13.9. The molecule has 2 heterocycles. The Bertz CT molecular complexity index is 784. The molecule has 2 atom stereocenters. The van der Waals surface area contributed by atoms with E-state index in [4.69, 9.17) is 21.1 Å². The number of benzene rings is 1. The van der Waals surface area contributed by atoms with Crippen molar-refractivity contribution in [1.82, 2.24) is 9.80 Å². The normalized spacial score (nSPS) is 21.0. The number of hydrogen-bond acceptors (Lipinski definition) is 5. The van der Waals surface area contributed by atoms with Gasteiger partial charge in [-0.15, -0.1) is 0 Å². The predicted molar refractivity (Wildman–Crippen MR) is 108 cm³/mol. The summed E-state index contributed by atoms with van der Waals surface area (Å²) in [6, 6.07) is 5.38. The van der Waals surface area contributed by atoms with E-state index in [1.54, 1.807) is 24.9 Å². The van der Waals surface area contributed by atoms with Crippen molar-refractivity contribution in [1.29, 1.82) is 0 Å². The lowest BCUT2D eigenvalue weighted by Crippen LogP contribution is -2.48. The van der Waals surface area contributed by atoms with Crippen LogP contribution < -0.4 is 4.74 Å². The van der Waals surface area contributed by atoms with E-state index in [9.17, 15) is 14.4 Å². The first-order valence-corrected chi connectivity index (χ1v) is 10.4. The molecule has 2 unspecified atom stereocenters. The van der Waals surface area contributed by atoms with Crippen LogP contribution in [0.5, 0.6) is 5.75 Å². The maximum absolute atomic E-state index is 12.8. The Morgan fingerprint density at radius 2 is 2.10 bits per heavy atom. The zero-order valence-corrected chi connectivity index (χ0v) is 17.6. The highest BCUT2D eigenvalue weighted by Gasteiger charge is 2.32. The smallest absolute Gasteiger partial charge is 0.310 e. The number of likely N-dealkylation sites (tertiary alicyclic amines) is 1. The number of ether oxygens (including phenoxy) is 2. The van der Waals surface area contributed by atoms with Gasteiger partial charge in [0.1, 0.15) is 12.4 Å². The quantitative estimate of drug-likeness (QED) is 0.679. The van der Waals surface area contributed by atoms with Crippen LogP contribution in [0.4, 0.5) is 0 Å². The average molecular weight is 423 g/mol. The van der Waals surface area contributed by atoms with Gasteiger partial charge in [-0.2, -0.15) is 0 Å². The molecule has 1 aromatic rings. The summed E-state index contributed by atoms with van der Waals surface area (Å²) in [6.07, 6.45) is 2.00. The molecular formula is C21H27ClN2O5. The molecule has 0 saturated carbocycles. The fraction of sp³-hybridized carbons (Fsp3) is 0.571. The minimum Gasteiger partial charge on any atom is -0.492 e. The van der Waals surface area contributed by atoms with Gasteiger partial charge in [-0.1, -0.05) is 11.6 Å². The maximum Gasteiger partial charge on any atom is 0.310 e. The number of piperidine rings is 1. The lowest BCUT2D eigenvalue weighted by atomic mass is 9.95. The highest BCUT2D eigenvalue weighted by molar-refractivity contribution is 6.30. The third kappa shape index (κ3) is 5.21. The van der Waals surface area contributed by atoms with Gasteiger partial charge >= 0.3 is 5.97 Å². The van der Waals surface area contributed by atoms with Gasteiger partial charge in [0.15, 0.2) is 0 Å². The molecule has 1 aromatic carbocycles. The van der Waals surface area contributed by atoms with Crippen molar-refractivity contribution >= 4 is 29.4 Å². The lowest BCUT2D eigenvalue weighted by molar-refractivity contribution is -0.152. The third-order valence-corrected chi connectivity index (χ3v) is 5.66. The van der Waals surface area contributed by atoms with Crippen molar-refractivity contribution < 1.29 is 23.9 Å². The molecule has 1 saturated heterocycles. The summed E-state index contributed by atoms with van der Waals surface area (Å²) in [5.41, 5.74) is 0.898. The van der Waals surface area contributed by atoms with E-state index in [1.165, 1.54) is 4.90 Å². The molecule has 29 heavy (non-hydrogen) atoms. The molecule has 0 aromatic heterocycles. The van der Waals surface area contributed by atoms with Crippen molar-refractivity contribution in [2.75, 3.05) is 39.9 Å². The van der Waals surface area contributed by atoms with Gasteiger partial charge in [0.05, 0.1) is 25.0 Å². The molecule has 8 heteroatoms. The average Bonchev–Trinajstić information content (AvgIpc) is 2.72. The van der Waals surface area contributed by atoms with Crippen LogP contribution >= 0.6 is 11.6 Å². The summed E-state index contributed by atoms with van der Waals surface area (Å²) in [5, 5.41) is 0.602. The monoisotopic (exact) mass is 422 g/mol. The number of halogens is 1. The Morgan fingerprint density at radius 1 is 1.31 bits per heavy atom. The number of rotatable bonds is 5. The molecule has 158 valence electrons. The van der Waals surface area contributed by atoms with E-state index in [0.717, 1.165) is 24.2 Å². The molecular weight excluding hydrogens is 396 g/mol. The molecule has 2 aliphatic rings. The number of amides is 2. The first-order valence-electron chi connectivity index (χ1n) is 9.99. The number of likely N-dealkylation sites (N-methyl/N-ethyl adjacent to an activating group) is 1. The van der Waals surface area contributed by atoms with Crippen LogP contribution in [-0.2, 0) is 25.5 Å². The van der Waals surface area contributed by atoms with E-state index in [-0.39, 0.29) is 42.8 Å². The van der Waals surface area contributed by atoms with Crippen LogP contribution in [0.1, 0.15) is 25.3 Å². The van der Waals surface area contributed by atoms with Crippen LogP contribution in [0.2, 0.25) is 5.02 Å². The van der Waals surface area contributed by atoms with Gasteiger partial charge in [-0.25, -0.2) is 0 Å². The van der Waals surface area contributed by atoms with Crippen LogP contribution in [0, 0.1) is 11.8 Å². The number of hydrogen-bond donors (Lipinski definition) is 0. The number of carbonyl (C=O) groups excluding carboxylic acids is 3. The standard InChI is InChI=1S/C21H27ClN2O5/c1-3-28-21(27)14-5-4-8-24(11-14)19(25)12-23(2)20(26)16-9-15-10-17(22)6-7-18(15)29-13-16/h6-7,10,14,16H,3-5,8-9,11-13H2,1-2H3. The summed E-state index contributed by atoms with van der Waals surface area (Å²) < 4.78 is 10.8. The van der Waals surface area contributed by atoms with Crippen molar-refractivity contribution in [3.63, 3.8) is 0 Å². The molecule has 2 aliphatic heterocycles. The molecule has 0 radical (unpaired) electrons. The number of fused-ring (bicyclic) bond motifs is 1. The van der Waals surface area contributed by atoms with Crippen LogP contribution in [0.15, 0.2) is 18.2 Å². The second-order valence-electron chi connectivity index (χ2n) is 7.59. The lowest BCUT2D eigenvalue weighted by Gasteiger charge is -2.33. The summed E-state index contributed by atoms with van der Waals surface area (Å²) in [6.45, 7) is 3.30. The SMILES string of the molecule is CCOC(=O)C1CCCN(C(=O)CN(C)C(=O)C2COc3ccc(Cl)cc3C2)C1.